The molecule has 1 N–H and O–H groups in total. The highest BCUT2D eigenvalue weighted by molar-refractivity contribution is 5.64. The fraction of sp³-hybridized carbons (Fsp3) is 0.591. The second-order valence-electron chi connectivity index (χ2n) is 7.02. The van der Waals surface area contributed by atoms with Crippen LogP contribution in [0.3, 0.4) is 0 Å². The average molecular weight is 372 g/mol. The van der Waals surface area contributed by atoms with Crippen LogP contribution in [0.1, 0.15) is 77.6 Å². The van der Waals surface area contributed by atoms with Gasteiger partial charge >= 0.3 is 0 Å². The zero-order chi connectivity index (χ0) is 19.2. The summed E-state index contributed by atoms with van der Waals surface area (Å²) < 4.78 is 5.75. The number of hydrogen-bond acceptors (Lipinski definition) is 5. The number of phenols is 1. The van der Waals surface area contributed by atoms with Crippen molar-refractivity contribution >= 4 is 0 Å². The lowest BCUT2D eigenvalue weighted by molar-refractivity contribution is 0.302. The summed E-state index contributed by atoms with van der Waals surface area (Å²) in [7, 11) is 0. The van der Waals surface area contributed by atoms with E-state index >= 15 is 0 Å². The maximum absolute atomic E-state index is 10.2. The van der Waals surface area contributed by atoms with Crippen LogP contribution < -0.4 is 4.74 Å². The zero-order valence-corrected chi connectivity index (χ0v) is 16.6. The summed E-state index contributed by atoms with van der Waals surface area (Å²) in [5.74, 6) is 1.26. The molecule has 1 aromatic carbocycles. The van der Waals surface area contributed by atoms with Crippen molar-refractivity contribution in [1.29, 1.82) is 0 Å². The summed E-state index contributed by atoms with van der Waals surface area (Å²) in [6, 6.07) is 5.25. The predicted octanol–water partition coefficient (Wildman–Crippen LogP) is 5.93. The van der Waals surface area contributed by atoms with E-state index in [-0.39, 0.29) is 5.75 Å². The fourth-order valence-electron chi connectivity index (χ4n) is 3.12. The second kappa shape index (κ2) is 13.1. The molecule has 0 saturated carbocycles. The van der Waals surface area contributed by atoms with Gasteiger partial charge in [-0.3, -0.25) is 0 Å². The Balaban J connectivity index is 1.54. The van der Waals surface area contributed by atoms with E-state index in [1.165, 1.54) is 76.9 Å². The molecule has 2 aromatic rings. The highest BCUT2D eigenvalue weighted by Crippen LogP contribution is 2.30. The number of unbranched alkanes of at least 4 members (excludes halogenated alkanes) is 10. The van der Waals surface area contributed by atoms with E-state index in [4.69, 9.17) is 4.74 Å². The molecule has 0 aliphatic rings. The van der Waals surface area contributed by atoms with Crippen LogP contribution in [0.15, 0.2) is 30.9 Å². The quantitative estimate of drug-likeness (QED) is 0.417. The van der Waals surface area contributed by atoms with Crippen LogP contribution in [0.25, 0.3) is 11.4 Å². The molecular weight excluding hydrogens is 338 g/mol. The van der Waals surface area contributed by atoms with Gasteiger partial charge in [-0.25, -0.2) is 15.0 Å². The Morgan fingerprint density at radius 3 is 2.00 bits per heavy atom. The monoisotopic (exact) mass is 371 g/mol. The highest BCUT2D eigenvalue weighted by atomic mass is 16.5. The summed E-state index contributed by atoms with van der Waals surface area (Å²) in [6.45, 7) is 2.95. The van der Waals surface area contributed by atoms with Crippen molar-refractivity contribution in [3.63, 3.8) is 0 Å². The standard InChI is InChI=1S/C22H33N3O2/c1-2-3-4-5-6-7-8-9-10-11-12-15-27-19-13-14-20(21(26)16-19)22-24-17-23-18-25-22/h13-14,16-18,26H,2-12,15H2,1H3. The lowest BCUT2D eigenvalue weighted by atomic mass is 10.1. The molecule has 2 rings (SSSR count). The molecule has 0 bridgehead atoms. The van der Waals surface area contributed by atoms with Crippen molar-refractivity contribution in [1.82, 2.24) is 15.0 Å². The van der Waals surface area contributed by atoms with E-state index in [9.17, 15) is 5.11 Å². The van der Waals surface area contributed by atoms with Crippen LogP contribution >= 0.6 is 0 Å². The van der Waals surface area contributed by atoms with Gasteiger partial charge in [-0.15, -0.1) is 0 Å². The lowest BCUT2D eigenvalue weighted by Crippen LogP contribution is -1.98. The van der Waals surface area contributed by atoms with Gasteiger partial charge in [0.1, 0.15) is 24.2 Å². The van der Waals surface area contributed by atoms with Crippen LogP contribution in [-0.2, 0) is 0 Å². The molecule has 1 heterocycles. The van der Waals surface area contributed by atoms with Gasteiger partial charge < -0.3 is 9.84 Å². The predicted molar refractivity (Wildman–Crippen MR) is 109 cm³/mol. The van der Waals surface area contributed by atoms with E-state index in [0.29, 0.717) is 23.7 Å². The molecule has 0 fully saturated rings. The summed E-state index contributed by atoms with van der Waals surface area (Å²) in [5.41, 5.74) is 0.583. The van der Waals surface area contributed by atoms with E-state index in [1.807, 2.05) is 6.07 Å². The van der Waals surface area contributed by atoms with Crippen LogP contribution in [0.2, 0.25) is 0 Å². The second-order valence-corrected chi connectivity index (χ2v) is 7.02. The van der Waals surface area contributed by atoms with Crippen LogP contribution in [-0.4, -0.2) is 26.7 Å². The number of nitrogens with zero attached hydrogens (tertiary/aromatic N) is 3. The maximum atomic E-state index is 10.2. The van der Waals surface area contributed by atoms with E-state index in [0.717, 1.165) is 6.42 Å². The smallest absolute Gasteiger partial charge is 0.166 e. The number of hydrogen-bond donors (Lipinski definition) is 1. The minimum atomic E-state index is 0.123. The van der Waals surface area contributed by atoms with Gasteiger partial charge in [-0.2, -0.15) is 0 Å². The van der Waals surface area contributed by atoms with Crippen LogP contribution in [0, 0.1) is 0 Å². The molecule has 0 saturated heterocycles. The normalized spacial score (nSPS) is 10.9. The number of aromatic nitrogens is 3. The van der Waals surface area contributed by atoms with E-state index in [2.05, 4.69) is 21.9 Å². The minimum absolute atomic E-state index is 0.123. The topological polar surface area (TPSA) is 68.1 Å². The fourth-order valence-corrected chi connectivity index (χ4v) is 3.12. The Labute approximate surface area is 163 Å². The Bertz CT molecular complexity index is 635. The first-order chi connectivity index (χ1) is 13.3. The zero-order valence-electron chi connectivity index (χ0n) is 16.6. The first kappa shape index (κ1) is 21.1. The summed E-state index contributed by atoms with van der Waals surface area (Å²) >= 11 is 0. The van der Waals surface area contributed by atoms with Crippen molar-refractivity contribution in [3.8, 4) is 22.9 Å². The Hall–Kier alpha value is -2.17. The average Bonchev–Trinajstić information content (AvgIpc) is 2.69. The summed E-state index contributed by atoms with van der Waals surface area (Å²) in [4.78, 5) is 11.9. The first-order valence-electron chi connectivity index (χ1n) is 10.4. The SMILES string of the molecule is CCCCCCCCCCCCCOc1ccc(-c2ncncn2)c(O)c1. The Kier molecular flexibility index (Phi) is 10.2. The third-order valence-corrected chi connectivity index (χ3v) is 4.72. The highest BCUT2D eigenvalue weighted by Gasteiger charge is 2.08. The Morgan fingerprint density at radius 1 is 0.815 bits per heavy atom. The summed E-state index contributed by atoms with van der Waals surface area (Å²) in [5, 5.41) is 10.2. The van der Waals surface area contributed by atoms with Crippen molar-refractivity contribution in [2.24, 2.45) is 0 Å². The molecule has 0 spiro atoms. The van der Waals surface area contributed by atoms with E-state index < -0.39 is 0 Å². The molecule has 0 aliphatic heterocycles. The van der Waals surface area contributed by atoms with Crippen molar-refractivity contribution in [2.45, 2.75) is 77.6 Å². The molecule has 0 atom stereocenters. The molecule has 1 aromatic heterocycles. The van der Waals surface area contributed by atoms with Crippen molar-refractivity contribution in [3.05, 3.63) is 30.9 Å². The van der Waals surface area contributed by atoms with Crippen LogP contribution in [0.4, 0.5) is 0 Å². The van der Waals surface area contributed by atoms with Gasteiger partial charge in [0.15, 0.2) is 5.82 Å². The number of aromatic hydroxyl groups is 1. The molecule has 5 nitrogen and oxygen atoms in total. The molecule has 5 heteroatoms. The summed E-state index contributed by atoms with van der Waals surface area (Å²) in [6.07, 6.45) is 17.3. The number of ether oxygens (including phenoxy) is 1. The Morgan fingerprint density at radius 2 is 1.41 bits per heavy atom. The van der Waals surface area contributed by atoms with Crippen molar-refractivity contribution < 1.29 is 9.84 Å². The molecule has 0 unspecified atom stereocenters. The van der Waals surface area contributed by atoms with Gasteiger partial charge in [0, 0.05) is 6.07 Å². The third kappa shape index (κ3) is 8.37. The van der Waals surface area contributed by atoms with Gasteiger partial charge in [-0.05, 0) is 18.6 Å². The number of rotatable bonds is 14. The largest absolute Gasteiger partial charge is 0.507 e. The maximum Gasteiger partial charge on any atom is 0.166 e. The lowest BCUT2D eigenvalue weighted by Gasteiger charge is -2.08. The van der Waals surface area contributed by atoms with Gasteiger partial charge in [-0.1, -0.05) is 71.1 Å². The molecule has 27 heavy (non-hydrogen) atoms. The minimum Gasteiger partial charge on any atom is -0.507 e. The number of phenolic OH excluding ortho intramolecular Hbond substituents is 1. The van der Waals surface area contributed by atoms with E-state index in [1.54, 1.807) is 12.1 Å². The molecule has 0 radical (unpaired) electrons. The number of benzene rings is 1. The molecule has 0 aliphatic carbocycles. The van der Waals surface area contributed by atoms with Gasteiger partial charge in [0.2, 0.25) is 0 Å². The molecule has 0 amide bonds. The van der Waals surface area contributed by atoms with Gasteiger partial charge in [0.05, 0.1) is 12.2 Å². The van der Waals surface area contributed by atoms with Crippen molar-refractivity contribution in [2.75, 3.05) is 6.61 Å². The third-order valence-electron chi connectivity index (χ3n) is 4.72. The van der Waals surface area contributed by atoms with Gasteiger partial charge in [0.25, 0.3) is 0 Å². The first-order valence-corrected chi connectivity index (χ1v) is 10.4. The molecular formula is C22H33N3O2. The van der Waals surface area contributed by atoms with Crippen LogP contribution in [0.5, 0.6) is 11.5 Å². The molecule has 148 valence electrons.